The molecule has 4 N–H and O–H groups in total. The van der Waals surface area contributed by atoms with E-state index in [9.17, 15) is 5.11 Å². The predicted octanol–water partition coefficient (Wildman–Crippen LogP) is -1.53. The molecule has 0 aromatic carbocycles. The highest BCUT2D eigenvalue weighted by Gasteiger charge is 2.35. The maximum absolute atomic E-state index is 9.30. The first-order valence-electron chi connectivity index (χ1n) is 3.05. The average Bonchev–Trinajstić information content (AvgIpc) is 1.85. The third kappa shape index (κ3) is 1.67. The molecular formula is C6H14NO3. The van der Waals surface area contributed by atoms with Crippen LogP contribution in [0.3, 0.4) is 0 Å². The highest BCUT2D eigenvalue weighted by molar-refractivity contribution is 4.88. The fourth-order valence-electron chi connectivity index (χ4n) is 0.654. The number of rotatable bonds is 3. The van der Waals surface area contributed by atoms with Crippen LogP contribution < -0.4 is 5.32 Å². The minimum Gasteiger partial charge on any atom is -0.389 e. The van der Waals surface area contributed by atoms with E-state index in [1.807, 2.05) is 0 Å². The molecule has 4 heteroatoms. The van der Waals surface area contributed by atoms with Crippen molar-refractivity contribution >= 4 is 0 Å². The molecule has 0 saturated heterocycles. The highest BCUT2D eigenvalue weighted by Crippen LogP contribution is 2.10. The maximum atomic E-state index is 9.30. The SMILES string of the molecule is [CH2]C(O)C(O)(NC)C(C)O. The van der Waals surface area contributed by atoms with Crippen molar-refractivity contribution in [3.63, 3.8) is 0 Å². The molecule has 0 spiro atoms. The molecule has 0 aliphatic heterocycles. The van der Waals surface area contributed by atoms with Gasteiger partial charge in [0.05, 0.1) is 12.2 Å². The first-order chi connectivity index (χ1) is 4.45. The number of aliphatic hydroxyl groups is 3. The zero-order valence-corrected chi connectivity index (χ0v) is 6.20. The second-order valence-electron chi connectivity index (χ2n) is 2.27. The van der Waals surface area contributed by atoms with Gasteiger partial charge in [-0.2, -0.15) is 0 Å². The Labute approximate surface area is 60.5 Å². The molecule has 1 radical (unpaired) electrons. The van der Waals surface area contributed by atoms with Crippen molar-refractivity contribution in [3.8, 4) is 0 Å². The topological polar surface area (TPSA) is 72.7 Å². The lowest BCUT2D eigenvalue weighted by Crippen LogP contribution is -2.59. The molecule has 0 aromatic heterocycles. The van der Waals surface area contributed by atoms with E-state index in [-0.39, 0.29) is 0 Å². The first kappa shape index (κ1) is 9.84. The molecule has 4 nitrogen and oxygen atoms in total. The Morgan fingerprint density at radius 1 is 1.50 bits per heavy atom. The molecule has 3 unspecified atom stereocenters. The van der Waals surface area contributed by atoms with E-state index < -0.39 is 17.9 Å². The second-order valence-corrected chi connectivity index (χ2v) is 2.27. The Morgan fingerprint density at radius 2 is 1.90 bits per heavy atom. The fourth-order valence-corrected chi connectivity index (χ4v) is 0.654. The van der Waals surface area contributed by atoms with E-state index in [4.69, 9.17) is 10.2 Å². The molecule has 0 aromatic rings. The molecule has 3 atom stereocenters. The summed E-state index contributed by atoms with van der Waals surface area (Å²) in [6.45, 7) is 4.55. The number of nitrogens with one attached hydrogen (secondary N) is 1. The summed E-state index contributed by atoms with van der Waals surface area (Å²) in [7, 11) is 1.43. The van der Waals surface area contributed by atoms with Crippen LogP contribution in [0, 0.1) is 6.92 Å². The Balaban J connectivity index is 4.23. The minimum atomic E-state index is -1.71. The van der Waals surface area contributed by atoms with E-state index >= 15 is 0 Å². The monoisotopic (exact) mass is 148 g/mol. The van der Waals surface area contributed by atoms with Crippen LogP contribution in [0.2, 0.25) is 0 Å². The molecule has 0 fully saturated rings. The van der Waals surface area contributed by atoms with Crippen molar-refractivity contribution in [3.05, 3.63) is 6.92 Å². The van der Waals surface area contributed by atoms with Gasteiger partial charge >= 0.3 is 0 Å². The van der Waals surface area contributed by atoms with Crippen molar-refractivity contribution in [2.45, 2.75) is 24.9 Å². The molecule has 0 rings (SSSR count). The van der Waals surface area contributed by atoms with E-state index in [1.165, 1.54) is 14.0 Å². The summed E-state index contributed by atoms with van der Waals surface area (Å²) in [5.74, 6) is 0. The van der Waals surface area contributed by atoms with Crippen LogP contribution in [-0.2, 0) is 0 Å². The van der Waals surface area contributed by atoms with Gasteiger partial charge in [-0.1, -0.05) is 0 Å². The van der Waals surface area contributed by atoms with E-state index in [0.29, 0.717) is 0 Å². The third-order valence-corrected chi connectivity index (χ3v) is 1.55. The van der Waals surface area contributed by atoms with Gasteiger partial charge in [0, 0.05) is 0 Å². The highest BCUT2D eigenvalue weighted by atomic mass is 16.4. The molecule has 0 aliphatic carbocycles. The predicted molar refractivity (Wildman–Crippen MR) is 37.1 cm³/mol. The third-order valence-electron chi connectivity index (χ3n) is 1.55. The lowest BCUT2D eigenvalue weighted by molar-refractivity contribution is -0.142. The molecule has 0 saturated carbocycles. The Bertz CT molecular complexity index is 95.2. The summed E-state index contributed by atoms with van der Waals surface area (Å²) in [6, 6.07) is 0. The van der Waals surface area contributed by atoms with Crippen molar-refractivity contribution in [2.75, 3.05) is 7.05 Å². The number of hydrogen-bond acceptors (Lipinski definition) is 4. The van der Waals surface area contributed by atoms with Gasteiger partial charge in [0.1, 0.15) is 0 Å². The molecule has 0 aliphatic rings. The zero-order chi connectivity index (χ0) is 8.36. The van der Waals surface area contributed by atoms with Gasteiger partial charge in [0.15, 0.2) is 5.72 Å². The van der Waals surface area contributed by atoms with Gasteiger partial charge in [0.2, 0.25) is 0 Å². The largest absolute Gasteiger partial charge is 0.389 e. The van der Waals surface area contributed by atoms with Gasteiger partial charge in [-0.25, -0.2) is 0 Å². The molecule has 0 bridgehead atoms. The van der Waals surface area contributed by atoms with Gasteiger partial charge < -0.3 is 15.3 Å². The lowest BCUT2D eigenvalue weighted by atomic mass is 10.0. The quantitative estimate of drug-likeness (QED) is 0.366. The summed E-state index contributed by atoms with van der Waals surface area (Å²) < 4.78 is 0. The van der Waals surface area contributed by atoms with Crippen LogP contribution >= 0.6 is 0 Å². The number of likely N-dealkylation sites (N-methyl/N-ethyl adjacent to an activating group) is 1. The van der Waals surface area contributed by atoms with Crippen molar-refractivity contribution < 1.29 is 15.3 Å². The van der Waals surface area contributed by atoms with Crippen molar-refractivity contribution in [1.29, 1.82) is 0 Å². The number of aliphatic hydroxyl groups excluding tert-OH is 2. The summed E-state index contributed by atoms with van der Waals surface area (Å²) in [5, 5.41) is 29.5. The standard InChI is InChI=1S/C6H14NO3/c1-4(8)6(10,7-3)5(2)9/h4-5,7-10H,1H2,2-3H3. The normalized spacial score (nSPS) is 23.4. The van der Waals surface area contributed by atoms with Crippen molar-refractivity contribution in [1.82, 2.24) is 5.32 Å². The fraction of sp³-hybridized carbons (Fsp3) is 0.833. The molecular weight excluding hydrogens is 134 g/mol. The summed E-state index contributed by atoms with van der Waals surface area (Å²) in [6.07, 6.45) is -2.32. The molecule has 10 heavy (non-hydrogen) atoms. The van der Waals surface area contributed by atoms with Gasteiger partial charge in [0.25, 0.3) is 0 Å². The van der Waals surface area contributed by atoms with Crippen LogP contribution in [0.5, 0.6) is 0 Å². The van der Waals surface area contributed by atoms with E-state index in [0.717, 1.165) is 0 Å². The van der Waals surface area contributed by atoms with Crippen LogP contribution in [0.15, 0.2) is 0 Å². The Kier molecular flexibility index (Phi) is 3.24. The second kappa shape index (κ2) is 3.30. The minimum absolute atomic E-state index is 1.06. The van der Waals surface area contributed by atoms with Crippen LogP contribution in [0.1, 0.15) is 6.92 Å². The summed E-state index contributed by atoms with van der Waals surface area (Å²) >= 11 is 0. The van der Waals surface area contributed by atoms with Gasteiger partial charge in [-0.05, 0) is 20.9 Å². The van der Waals surface area contributed by atoms with Gasteiger partial charge in [-0.3, -0.25) is 5.32 Å². The van der Waals surface area contributed by atoms with E-state index in [2.05, 4.69) is 12.2 Å². The molecule has 0 amide bonds. The Hall–Kier alpha value is -0.160. The Morgan fingerprint density at radius 3 is 1.90 bits per heavy atom. The molecule has 0 heterocycles. The van der Waals surface area contributed by atoms with E-state index in [1.54, 1.807) is 0 Å². The maximum Gasteiger partial charge on any atom is 0.167 e. The molecule has 61 valence electrons. The van der Waals surface area contributed by atoms with Crippen LogP contribution in [0.25, 0.3) is 0 Å². The first-order valence-corrected chi connectivity index (χ1v) is 3.05. The zero-order valence-electron chi connectivity index (χ0n) is 6.20. The number of hydrogen-bond donors (Lipinski definition) is 4. The van der Waals surface area contributed by atoms with Crippen molar-refractivity contribution in [2.24, 2.45) is 0 Å². The van der Waals surface area contributed by atoms with Gasteiger partial charge in [-0.15, -0.1) is 0 Å². The van der Waals surface area contributed by atoms with Crippen LogP contribution in [0.4, 0.5) is 0 Å². The smallest absolute Gasteiger partial charge is 0.167 e. The average molecular weight is 148 g/mol. The van der Waals surface area contributed by atoms with Crippen LogP contribution in [-0.4, -0.2) is 40.3 Å². The summed E-state index contributed by atoms with van der Waals surface area (Å²) in [5.41, 5.74) is -1.71. The summed E-state index contributed by atoms with van der Waals surface area (Å²) in [4.78, 5) is 0. The lowest BCUT2D eigenvalue weighted by Gasteiger charge is -2.32.